The summed E-state index contributed by atoms with van der Waals surface area (Å²) >= 11 is 0. The van der Waals surface area contributed by atoms with Crippen molar-refractivity contribution in [3.63, 3.8) is 0 Å². The second-order valence-corrected chi connectivity index (χ2v) is 7.57. The van der Waals surface area contributed by atoms with E-state index >= 15 is 0 Å². The predicted octanol–water partition coefficient (Wildman–Crippen LogP) is 3.48. The van der Waals surface area contributed by atoms with Gasteiger partial charge in [0.1, 0.15) is 5.82 Å². The number of nitrogens with one attached hydrogen (secondary N) is 1. The molecule has 1 heterocycles. The molecule has 0 aliphatic carbocycles. The third kappa shape index (κ3) is 4.51. The maximum absolute atomic E-state index is 13.1. The van der Waals surface area contributed by atoms with Gasteiger partial charge in [0.05, 0.1) is 35.0 Å². The Labute approximate surface area is 153 Å². The first-order valence-corrected chi connectivity index (χ1v) is 9.47. The van der Waals surface area contributed by atoms with Crippen LogP contribution in [0.3, 0.4) is 0 Å². The van der Waals surface area contributed by atoms with Gasteiger partial charge in [0.2, 0.25) is 0 Å². The van der Waals surface area contributed by atoms with Gasteiger partial charge in [-0.3, -0.25) is 4.72 Å². The molecule has 27 heavy (non-hydrogen) atoms. The number of halogens is 4. The van der Waals surface area contributed by atoms with Crippen LogP contribution < -0.4 is 9.62 Å². The first-order valence-electron chi connectivity index (χ1n) is 7.99. The summed E-state index contributed by atoms with van der Waals surface area (Å²) in [6.45, 7) is 1.59. The summed E-state index contributed by atoms with van der Waals surface area (Å²) in [6.07, 6.45) is -4.63. The molecule has 2 aromatic carbocycles. The fraction of sp³-hybridized carbons (Fsp3) is 0.294. The minimum absolute atomic E-state index is 0.198. The third-order valence-corrected chi connectivity index (χ3v) is 5.43. The molecule has 0 bridgehead atoms. The number of hydrogen-bond donors (Lipinski definition) is 1. The van der Waals surface area contributed by atoms with Crippen LogP contribution in [0, 0.1) is 5.82 Å². The third-order valence-electron chi connectivity index (χ3n) is 4.04. The Morgan fingerprint density at radius 3 is 2.22 bits per heavy atom. The molecule has 2 aromatic rings. The molecule has 0 radical (unpaired) electrons. The number of morpholine rings is 1. The molecule has 0 aromatic heterocycles. The van der Waals surface area contributed by atoms with E-state index in [9.17, 15) is 26.0 Å². The lowest BCUT2D eigenvalue weighted by Gasteiger charge is -2.31. The summed E-state index contributed by atoms with van der Waals surface area (Å²) in [5.41, 5.74) is -0.857. The van der Waals surface area contributed by atoms with Crippen LogP contribution in [-0.4, -0.2) is 34.7 Å². The fourth-order valence-electron chi connectivity index (χ4n) is 2.69. The van der Waals surface area contributed by atoms with Gasteiger partial charge in [-0.1, -0.05) is 0 Å². The number of rotatable bonds is 4. The second-order valence-electron chi connectivity index (χ2n) is 5.89. The molecule has 1 aliphatic heterocycles. The number of alkyl halides is 3. The zero-order valence-electron chi connectivity index (χ0n) is 14.0. The van der Waals surface area contributed by atoms with Crippen LogP contribution in [0.15, 0.2) is 47.4 Å². The average molecular weight is 404 g/mol. The zero-order valence-corrected chi connectivity index (χ0v) is 14.8. The van der Waals surface area contributed by atoms with Crippen molar-refractivity contribution >= 4 is 21.4 Å². The van der Waals surface area contributed by atoms with E-state index in [1.807, 2.05) is 0 Å². The first-order chi connectivity index (χ1) is 12.7. The van der Waals surface area contributed by atoms with Crippen LogP contribution in [0.1, 0.15) is 5.56 Å². The highest BCUT2D eigenvalue weighted by Crippen LogP contribution is 2.36. The highest BCUT2D eigenvalue weighted by molar-refractivity contribution is 7.92. The molecule has 146 valence electrons. The minimum atomic E-state index is -4.63. The van der Waals surface area contributed by atoms with E-state index < -0.39 is 27.6 Å². The van der Waals surface area contributed by atoms with E-state index in [0.717, 1.165) is 36.4 Å². The molecule has 1 saturated heterocycles. The van der Waals surface area contributed by atoms with Crippen molar-refractivity contribution < 1.29 is 30.7 Å². The molecule has 0 saturated carbocycles. The maximum Gasteiger partial charge on any atom is 0.416 e. The Hall–Kier alpha value is -2.33. The number of benzene rings is 2. The molecule has 3 rings (SSSR count). The number of sulfonamides is 1. The summed E-state index contributed by atoms with van der Waals surface area (Å²) in [4.78, 5) is 1.49. The molecule has 1 N–H and O–H groups in total. The van der Waals surface area contributed by atoms with Crippen LogP contribution in [0.2, 0.25) is 0 Å². The van der Waals surface area contributed by atoms with Crippen LogP contribution in [0.4, 0.5) is 28.9 Å². The fourth-order valence-corrected chi connectivity index (χ4v) is 3.76. The van der Waals surface area contributed by atoms with Crippen LogP contribution >= 0.6 is 0 Å². The standard InChI is InChI=1S/C17H16F4N2O3S/c18-13-2-4-14(5-3-13)27(24,25)22-15-11-12(17(19,20)21)1-6-16(15)23-7-9-26-10-8-23/h1-6,11,22H,7-10H2. The Morgan fingerprint density at radius 2 is 1.63 bits per heavy atom. The Morgan fingerprint density at radius 1 is 1.00 bits per heavy atom. The molecule has 5 nitrogen and oxygen atoms in total. The van der Waals surface area contributed by atoms with Gasteiger partial charge in [0.15, 0.2) is 0 Å². The summed E-state index contributed by atoms with van der Waals surface area (Å²) in [6, 6.07) is 6.90. The summed E-state index contributed by atoms with van der Waals surface area (Å²) < 4.78 is 84.8. The number of nitrogens with zero attached hydrogens (tertiary/aromatic N) is 1. The van der Waals surface area contributed by atoms with Gasteiger partial charge in [-0.25, -0.2) is 12.8 Å². The number of hydrogen-bond acceptors (Lipinski definition) is 4. The van der Waals surface area contributed by atoms with E-state index in [4.69, 9.17) is 4.74 Å². The van der Waals surface area contributed by atoms with Crippen molar-refractivity contribution in [2.75, 3.05) is 35.9 Å². The van der Waals surface area contributed by atoms with E-state index in [1.165, 1.54) is 6.07 Å². The monoisotopic (exact) mass is 404 g/mol. The molecule has 1 aliphatic rings. The van der Waals surface area contributed by atoms with Crippen LogP contribution in [0.5, 0.6) is 0 Å². The van der Waals surface area contributed by atoms with E-state index in [-0.39, 0.29) is 10.6 Å². The number of anilines is 2. The average Bonchev–Trinajstić information content (AvgIpc) is 2.62. The van der Waals surface area contributed by atoms with Gasteiger partial charge in [-0.05, 0) is 42.5 Å². The van der Waals surface area contributed by atoms with E-state index in [2.05, 4.69) is 4.72 Å². The summed E-state index contributed by atoms with van der Waals surface area (Å²) in [7, 11) is -4.20. The molecular weight excluding hydrogens is 388 g/mol. The lowest BCUT2D eigenvalue weighted by molar-refractivity contribution is -0.137. The van der Waals surface area contributed by atoms with Gasteiger partial charge in [0.25, 0.3) is 10.0 Å². The lowest BCUT2D eigenvalue weighted by atomic mass is 10.1. The van der Waals surface area contributed by atoms with Gasteiger partial charge in [-0.15, -0.1) is 0 Å². The van der Waals surface area contributed by atoms with Gasteiger partial charge in [0, 0.05) is 13.1 Å². The van der Waals surface area contributed by atoms with Gasteiger partial charge in [-0.2, -0.15) is 13.2 Å². The summed E-state index contributed by atoms with van der Waals surface area (Å²) in [5.74, 6) is -0.623. The zero-order chi connectivity index (χ0) is 19.7. The van der Waals surface area contributed by atoms with Crippen molar-refractivity contribution in [2.45, 2.75) is 11.1 Å². The second kappa shape index (κ2) is 7.35. The SMILES string of the molecule is O=S(=O)(Nc1cc(C(F)(F)F)ccc1N1CCOCC1)c1ccc(F)cc1. The largest absolute Gasteiger partial charge is 0.416 e. The smallest absolute Gasteiger partial charge is 0.378 e. The van der Waals surface area contributed by atoms with Crippen LogP contribution in [0.25, 0.3) is 0 Å². The normalized spacial score (nSPS) is 15.6. The Bertz CT molecular complexity index is 909. The molecule has 0 spiro atoms. The molecule has 0 unspecified atom stereocenters. The molecular formula is C17H16F4N2O3S. The lowest BCUT2D eigenvalue weighted by Crippen LogP contribution is -2.36. The van der Waals surface area contributed by atoms with Gasteiger partial charge < -0.3 is 9.64 Å². The van der Waals surface area contributed by atoms with Crippen molar-refractivity contribution in [3.8, 4) is 0 Å². The quantitative estimate of drug-likeness (QED) is 0.793. The predicted molar refractivity (Wildman–Crippen MR) is 91.7 cm³/mol. The maximum atomic E-state index is 13.1. The Kier molecular flexibility index (Phi) is 5.29. The van der Waals surface area contributed by atoms with Crippen molar-refractivity contribution in [3.05, 3.63) is 53.8 Å². The van der Waals surface area contributed by atoms with Gasteiger partial charge >= 0.3 is 6.18 Å². The highest BCUT2D eigenvalue weighted by Gasteiger charge is 2.32. The van der Waals surface area contributed by atoms with Crippen molar-refractivity contribution in [2.24, 2.45) is 0 Å². The first kappa shape index (κ1) is 19.4. The van der Waals surface area contributed by atoms with Crippen molar-refractivity contribution in [1.82, 2.24) is 0 Å². The number of ether oxygens (including phenoxy) is 1. The van der Waals surface area contributed by atoms with E-state index in [1.54, 1.807) is 4.90 Å². The topological polar surface area (TPSA) is 58.6 Å². The molecule has 0 amide bonds. The van der Waals surface area contributed by atoms with Crippen molar-refractivity contribution in [1.29, 1.82) is 0 Å². The molecule has 1 fully saturated rings. The highest BCUT2D eigenvalue weighted by atomic mass is 32.2. The minimum Gasteiger partial charge on any atom is -0.378 e. The van der Waals surface area contributed by atoms with E-state index in [0.29, 0.717) is 32.0 Å². The summed E-state index contributed by atoms with van der Waals surface area (Å²) in [5, 5.41) is 0. The Balaban J connectivity index is 2.01. The van der Waals surface area contributed by atoms with Crippen LogP contribution in [-0.2, 0) is 20.9 Å². The molecule has 0 atom stereocenters. The molecule has 10 heteroatoms.